The van der Waals surface area contributed by atoms with Gasteiger partial charge in [-0.15, -0.1) is 11.3 Å². The standard InChI is InChI=1S/C20H18FN3O2S/c1-13-3-2-4-16(11-13)22-18(25)10-9-17-12-27-20(23-17)24-19(26)14-5-7-15(21)8-6-14/h2-8,11-12H,9-10H2,1H3,(H,22,25)(H,23,24,26). The molecule has 0 aliphatic carbocycles. The SMILES string of the molecule is Cc1cccc(NC(=O)CCc2csc(NC(=O)c3ccc(F)cc3)n2)c1. The molecule has 3 rings (SSSR count). The third kappa shape index (κ3) is 5.46. The zero-order chi connectivity index (χ0) is 19.2. The number of nitrogens with zero attached hydrogens (tertiary/aromatic N) is 1. The summed E-state index contributed by atoms with van der Waals surface area (Å²) < 4.78 is 12.9. The number of benzene rings is 2. The first-order valence-corrected chi connectivity index (χ1v) is 9.25. The quantitative estimate of drug-likeness (QED) is 0.662. The van der Waals surface area contributed by atoms with Gasteiger partial charge in [0.2, 0.25) is 5.91 Å². The molecule has 0 aliphatic heterocycles. The second kappa shape index (κ2) is 8.55. The van der Waals surface area contributed by atoms with Crippen LogP contribution in [0.25, 0.3) is 0 Å². The number of amides is 2. The van der Waals surface area contributed by atoms with E-state index in [4.69, 9.17) is 0 Å². The number of rotatable bonds is 6. The molecule has 0 saturated carbocycles. The fourth-order valence-corrected chi connectivity index (χ4v) is 3.18. The lowest BCUT2D eigenvalue weighted by molar-refractivity contribution is -0.116. The first-order valence-electron chi connectivity index (χ1n) is 8.37. The number of aromatic nitrogens is 1. The highest BCUT2D eigenvalue weighted by Gasteiger charge is 2.10. The van der Waals surface area contributed by atoms with Gasteiger partial charge in [-0.3, -0.25) is 14.9 Å². The van der Waals surface area contributed by atoms with E-state index < -0.39 is 5.82 Å². The summed E-state index contributed by atoms with van der Waals surface area (Å²) in [5.74, 6) is -0.842. The molecule has 5 nitrogen and oxygen atoms in total. The van der Waals surface area contributed by atoms with E-state index in [2.05, 4.69) is 15.6 Å². The molecule has 0 saturated heterocycles. The summed E-state index contributed by atoms with van der Waals surface area (Å²) in [6.45, 7) is 1.96. The Kier molecular flexibility index (Phi) is 5.93. The number of carbonyl (C=O) groups is 2. The molecule has 0 fully saturated rings. The molecule has 3 aromatic rings. The first-order chi connectivity index (χ1) is 13.0. The zero-order valence-electron chi connectivity index (χ0n) is 14.7. The highest BCUT2D eigenvalue weighted by atomic mass is 32.1. The Balaban J connectivity index is 1.51. The van der Waals surface area contributed by atoms with Crippen molar-refractivity contribution < 1.29 is 14.0 Å². The van der Waals surface area contributed by atoms with E-state index in [-0.39, 0.29) is 11.8 Å². The third-order valence-electron chi connectivity index (χ3n) is 3.79. The molecule has 0 radical (unpaired) electrons. The molecule has 1 heterocycles. The normalized spacial score (nSPS) is 10.4. The molecular formula is C20H18FN3O2S. The van der Waals surface area contributed by atoms with Gasteiger partial charge in [0.05, 0.1) is 5.69 Å². The van der Waals surface area contributed by atoms with Crippen LogP contribution in [0.2, 0.25) is 0 Å². The number of hydrogen-bond acceptors (Lipinski definition) is 4. The number of thiazole rings is 1. The summed E-state index contributed by atoms with van der Waals surface area (Å²) >= 11 is 1.28. The van der Waals surface area contributed by atoms with Crippen LogP contribution in [0.3, 0.4) is 0 Å². The molecule has 27 heavy (non-hydrogen) atoms. The highest BCUT2D eigenvalue weighted by Crippen LogP contribution is 2.18. The van der Waals surface area contributed by atoms with E-state index >= 15 is 0 Å². The Morgan fingerprint density at radius 3 is 2.63 bits per heavy atom. The topological polar surface area (TPSA) is 71.1 Å². The largest absolute Gasteiger partial charge is 0.326 e. The lowest BCUT2D eigenvalue weighted by Gasteiger charge is -2.05. The van der Waals surface area contributed by atoms with Gasteiger partial charge < -0.3 is 5.32 Å². The van der Waals surface area contributed by atoms with Gasteiger partial charge in [-0.25, -0.2) is 9.37 Å². The number of hydrogen-bond donors (Lipinski definition) is 2. The molecule has 0 spiro atoms. The molecule has 0 atom stereocenters. The van der Waals surface area contributed by atoms with Crippen LogP contribution in [0.15, 0.2) is 53.9 Å². The second-order valence-electron chi connectivity index (χ2n) is 6.02. The third-order valence-corrected chi connectivity index (χ3v) is 4.60. The smallest absolute Gasteiger partial charge is 0.257 e. The molecule has 2 N–H and O–H groups in total. The lowest BCUT2D eigenvalue weighted by atomic mass is 10.2. The van der Waals surface area contributed by atoms with Crippen LogP contribution in [0.5, 0.6) is 0 Å². The van der Waals surface area contributed by atoms with Crippen LogP contribution < -0.4 is 10.6 Å². The molecule has 0 aliphatic rings. The summed E-state index contributed by atoms with van der Waals surface area (Å²) in [5, 5.41) is 7.78. The number of halogens is 1. The van der Waals surface area contributed by atoms with Crippen LogP contribution >= 0.6 is 11.3 Å². The average molecular weight is 383 g/mol. The summed E-state index contributed by atoms with van der Waals surface area (Å²) in [7, 11) is 0. The fraction of sp³-hybridized carbons (Fsp3) is 0.150. The van der Waals surface area contributed by atoms with Gasteiger partial charge >= 0.3 is 0 Å². The summed E-state index contributed by atoms with van der Waals surface area (Å²) in [5.41, 5.74) is 2.93. The Morgan fingerprint density at radius 1 is 1.11 bits per heavy atom. The van der Waals surface area contributed by atoms with Gasteiger partial charge in [0, 0.05) is 23.1 Å². The van der Waals surface area contributed by atoms with Crippen molar-refractivity contribution in [2.45, 2.75) is 19.8 Å². The maximum atomic E-state index is 12.9. The predicted molar refractivity (Wildman–Crippen MR) is 105 cm³/mol. The molecule has 1 aromatic heterocycles. The Labute approximate surface area is 160 Å². The highest BCUT2D eigenvalue weighted by molar-refractivity contribution is 7.14. The van der Waals surface area contributed by atoms with Gasteiger partial charge in [-0.2, -0.15) is 0 Å². The van der Waals surface area contributed by atoms with Crippen molar-refractivity contribution in [2.24, 2.45) is 0 Å². The second-order valence-corrected chi connectivity index (χ2v) is 6.88. The molecule has 2 amide bonds. The molecule has 7 heteroatoms. The van der Waals surface area contributed by atoms with Crippen molar-refractivity contribution in [2.75, 3.05) is 10.6 Å². The Hall–Kier alpha value is -3.06. The minimum atomic E-state index is -0.396. The van der Waals surface area contributed by atoms with E-state index in [1.54, 1.807) is 5.38 Å². The van der Waals surface area contributed by atoms with E-state index in [1.807, 2.05) is 31.2 Å². The Bertz CT molecular complexity index is 954. The van der Waals surface area contributed by atoms with Crippen LogP contribution in [-0.2, 0) is 11.2 Å². The van der Waals surface area contributed by atoms with Crippen molar-refractivity contribution in [3.8, 4) is 0 Å². The van der Waals surface area contributed by atoms with Crippen LogP contribution in [-0.4, -0.2) is 16.8 Å². The number of aryl methyl sites for hydroxylation is 2. The van der Waals surface area contributed by atoms with E-state index in [0.717, 1.165) is 16.9 Å². The maximum Gasteiger partial charge on any atom is 0.257 e. The van der Waals surface area contributed by atoms with Crippen LogP contribution in [0, 0.1) is 12.7 Å². The number of carbonyl (C=O) groups excluding carboxylic acids is 2. The van der Waals surface area contributed by atoms with Crippen molar-refractivity contribution in [1.29, 1.82) is 0 Å². The van der Waals surface area contributed by atoms with Crippen LogP contribution in [0.1, 0.15) is 28.0 Å². The maximum absolute atomic E-state index is 12.9. The predicted octanol–water partition coefficient (Wildman–Crippen LogP) is 4.41. The van der Waals surface area contributed by atoms with Crippen LogP contribution in [0.4, 0.5) is 15.2 Å². The Morgan fingerprint density at radius 2 is 1.89 bits per heavy atom. The van der Waals surface area contributed by atoms with E-state index in [1.165, 1.54) is 35.6 Å². The molecular weight excluding hydrogens is 365 g/mol. The molecule has 0 bridgehead atoms. The number of anilines is 2. The zero-order valence-corrected chi connectivity index (χ0v) is 15.5. The molecule has 0 unspecified atom stereocenters. The van der Waals surface area contributed by atoms with Crippen molar-refractivity contribution >= 4 is 34.0 Å². The van der Waals surface area contributed by atoms with Crippen molar-refractivity contribution in [3.05, 3.63) is 76.5 Å². The van der Waals surface area contributed by atoms with E-state index in [9.17, 15) is 14.0 Å². The summed E-state index contributed by atoms with van der Waals surface area (Å²) in [6.07, 6.45) is 0.767. The summed E-state index contributed by atoms with van der Waals surface area (Å²) in [6, 6.07) is 12.9. The van der Waals surface area contributed by atoms with Gasteiger partial charge in [-0.1, -0.05) is 12.1 Å². The van der Waals surface area contributed by atoms with Crippen molar-refractivity contribution in [1.82, 2.24) is 4.98 Å². The molecule has 138 valence electrons. The van der Waals surface area contributed by atoms with Gasteiger partial charge in [0.15, 0.2) is 5.13 Å². The fourth-order valence-electron chi connectivity index (χ4n) is 2.44. The van der Waals surface area contributed by atoms with E-state index in [0.29, 0.717) is 23.5 Å². The van der Waals surface area contributed by atoms with Gasteiger partial charge in [0.1, 0.15) is 5.82 Å². The number of nitrogens with one attached hydrogen (secondary N) is 2. The van der Waals surface area contributed by atoms with Gasteiger partial charge in [-0.05, 0) is 55.3 Å². The first kappa shape index (κ1) is 18.7. The molecule has 2 aromatic carbocycles. The minimum absolute atomic E-state index is 0.0921. The van der Waals surface area contributed by atoms with Crippen molar-refractivity contribution in [3.63, 3.8) is 0 Å². The monoisotopic (exact) mass is 383 g/mol. The average Bonchev–Trinajstić information content (AvgIpc) is 3.08. The van der Waals surface area contributed by atoms with Gasteiger partial charge in [0.25, 0.3) is 5.91 Å². The summed E-state index contributed by atoms with van der Waals surface area (Å²) in [4.78, 5) is 28.5. The minimum Gasteiger partial charge on any atom is -0.326 e. The lowest BCUT2D eigenvalue weighted by Crippen LogP contribution is -2.13.